The number of fused-ring (bicyclic) bond motifs is 1. The van der Waals surface area contributed by atoms with Crippen molar-refractivity contribution in [2.24, 2.45) is 7.05 Å². The van der Waals surface area contributed by atoms with E-state index in [1.54, 1.807) is 4.80 Å². The summed E-state index contributed by atoms with van der Waals surface area (Å²) in [6, 6.07) is 8.96. The molecule has 3 heterocycles. The van der Waals surface area contributed by atoms with Crippen LogP contribution in [0.25, 0.3) is 22.3 Å². The fourth-order valence-corrected chi connectivity index (χ4v) is 3.48. The Bertz CT molecular complexity index is 811. The Morgan fingerprint density at radius 1 is 1.26 bits per heavy atom. The maximum Gasteiger partial charge on any atom is 0.207 e. The maximum atomic E-state index is 4.66. The minimum absolute atomic E-state index is 0.214. The average Bonchev–Trinajstić information content (AvgIpc) is 3.21. The molecule has 2 unspecified atom stereocenters. The molecule has 0 amide bonds. The predicted molar refractivity (Wildman–Crippen MR) is 90.1 cm³/mol. The molecular formula is C17H22N6. The van der Waals surface area contributed by atoms with Crippen molar-refractivity contribution in [3.05, 3.63) is 30.5 Å². The van der Waals surface area contributed by atoms with Gasteiger partial charge in [0.25, 0.3) is 0 Å². The van der Waals surface area contributed by atoms with Gasteiger partial charge in [-0.1, -0.05) is 24.6 Å². The first kappa shape index (κ1) is 14.4. The van der Waals surface area contributed by atoms with Gasteiger partial charge in [0, 0.05) is 35.8 Å². The molecule has 3 aromatic rings. The van der Waals surface area contributed by atoms with Crippen LogP contribution in [-0.2, 0) is 7.05 Å². The smallest absolute Gasteiger partial charge is 0.207 e. The van der Waals surface area contributed by atoms with Gasteiger partial charge in [0.2, 0.25) is 5.82 Å². The molecule has 23 heavy (non-hydrogen) atoms. The molecular weight excluding hydrogens is 288 g/mol. The number of aryl methyl sites for hydroxylation is 1. The highest BCUT2D eigenvalue weighted by Gasteiger charge is 2.23. The van der Waals surface area contributed by atoms with Gasteiger partial charge >= 0.3 is 0 Å². The highest BCUT2D eigenvalue weighted by atomic mass is 15.6. The third-order valence-electron chi connectivity index (χ3n) is 4.86. The molecule has 1 fully saturated rings. The standard InChI is InChI=1S/C17H22N6/c1-12(15-8-5-6-10-18-15)23-20-17(19-21-23)14-11-22(2)16-9-4-3-7-13(14)16/h3-4,7,9,11-12,15,18H,5-6,8,10H2,1-2H3. The van der Waals surface area contributed by atoms with Crippen LogP contribution in [-0.4, -0.2) is 37.4 Å². The van der Waals surface area contributed by atoms with E-state index in [0.717, 1.165) is 17.5 Å². The second-order valence-electron chi connectivity index (χ2n) is 6.40. The van der Waals surface area contributed by atoms with Gasteiger partial charge in [0.15, 0.2) is 0 Å². The summed E-state index contributed by atoms with van der Waals surface area (Å²) in [4.78, 5) is 1.76. The number of benzene rings is 1. The first-order chi connectivity index (χ1) is 11.2. The first-order valence-corrected chi connectivity index (χ1v) is 8.31. The minimum atomic E-state index is 0.214. The van der Waals surface area contributed by atoms with Gasteiger partial charge in [-0.05, 0) is 37.6 Å². The SMILES string of the molecule is CC(C1CCCCN1)n1nnc(-c2cn(C)c3ccccc23)n1. The van der Waals surface area contributed by atoms with E-state index < -0.39 is 0 Å². The van der Waals surface area contributed by atoms with Crippen LogP contribution in [0.15, 0.2) is 30.5 Å². The third-order valence-corrected chi connectivity index (χ3v) is 4.86. The molecule has 4 rings (SSSR count). The molecule has 0 aliphatic carbocycles. The lowest BCUT2D eigenvalue weighted by Gasteiger charge is -2.27. The quantitative estimate of drug-likeness (QED) is 0.807. The van der Waals surface area contributed by atoms with Crippen LogP contribution < -0.4 is 5.32 Å². The van der Waals surface area contributed by atoms with E-state index in [4.69, 9.17) is 0 Å². The normalized spacial score (nSPS) is 20.0. The van der Waals surface area contributed by atoms with Crippen LogP contribution in [0.2, 0.25) is 0 Å². The van der Waals surface area contributed by atoms with Gasteiger partial charge < -0.3 is 9.88 Å². The Morgan fingerprint density at radius 3 is 2.96 bits per heavy atom. The number of hydrogen-bond donors (Lipinski definition) is 1. The molecule has 1 N–H and O–H groups in total. The van der Waals surface area contributed by atoms with Gasteiger partial charge in [0.05, 0.1) is 6.04 Å². The number of para-hydroxylation sites is 1. The van der Waals surface area contributed by atoms with Gasteiger partial charge in [-0.3, -0.25) is 0 Å². The van der Waals surface area contributed by atoms with Crippen LogP contribution in [0.4, 0.5) is 0 Å². The largest absolute Gasteiger partial charge is 0.350 e. The molecule has 2 atom stereocenters. The summed E-state index contributed by atoms with van der Waals surface area (Å²) in [7, 11) is 2.05. The van der Waals surface area contributed by atoms with Crippen LogP contribution in [0.1, 0.15) is 32.2 Å². The highest BCUT2D eigenvalue weighted by molar-refractivity contribution is 5.94. The summed E-state index contributed by atoms with van der Waals surface area (Å²) in [6.07, 6.45) is 5.78. The van der Waals surface area contributed by atoms with Gasteiger partial charge in [0.1, 0.15) is 0 Å². The highest BCUT2D eigenvalue weighted by Crippen LogP contribution is 2.28. The van der Waals surface area contributed by atoms with E-state index in [2.05, 4.69) is 50.5 Å². The third kappa shape index (κ3) is 2.53. The Morgan fingerprint density at radius 2 is 2.13 bits per heavy atom. The zero-order valence-electron chi connectivity index (χ0n) is 13.6. The number of piperidine rings is 1. The molecule has 2 aromatic heterocycles. The van der Waals surface area contributed by atoms with Crippen LogP contribution >= 0.6 is 0 Å². The Hall–Kier alpha value is -2.21. The van der Waals surface area contributed by atoms with Crippen LogP contribution in [0, 0.1) is 0 Å². The molecule has 0 bridgehead atoms. The summed E-state index contributed by atoms with van der Waals surface area (Å²) in [5, 5.41) is 18.0. The second kappa shape index (κ2) is 5.77. The van der Waals surface area contributed by atoms with Crippen molar-refractivity contribution in [1.82, 2.24) is 30.1 Å². The zero-order chi connectivity index (χ0) is 15.8. The second-order valence-corrected chi connectivity index (χ2v) is 6.40. The zero-order valence-corrected chi connectivity index (χ0v) is 13.6. The molecule has 6 nitrogen and oxygen atoms in total. The van der Waals surface area contributed by atoms with E-state index in [1.165, 1.54) is 24.8 Å². The van der Waals surface area contributed by atoms with Crippen molar-refractivity contribution in [1.29, 1.82) is 0 Å². The summed E-state index contributed by atoms with van der Waals surface area (Å²) in [6.45, 7) is 3.25. The van der Waals surface area contributed by atoms with E-state index in [9.17, 15) is 0 Å². The fourth-order valence-electron chi connectivity index (χ4n) is 3.48. The number of rotatable bonds is 3. The Balaban J connectivity index is 1.67. The van der Waals surface area contributed by atoms with Crippen molar-refractivity contribution < 1.29 is 0 Å². The minimum Gasteiger partial charge on any atom is -0.350 e. The van der Waals surface area contributed by atoms with Gasteiger partial charge in [-0.2, -0.15) is 4.80 Å². The number of nitrogens with one attached hydrogen (secondary N) is 1. The molecule has 1 aromatic carbocycles. The van der Waals surface area contributed by atoms with E-state index in [0.29, 0.717) is 11.9 Å². The van der Waals surface area contributed by atoms with Crippen LogP contribution in [0.3, 0.4) is 0 Å². The topological polar surface area (TPSA) is 60.6 Å². The summed E-state index contributed by atoms with van der Waals surface area (Å²) in [5.74, 6) is 0.699. The molecule has 0 spiro atoms. The lowest BCUT2D eigenvalue weighted by atomic mass is 9.99. The molecule has 120 valence electrons. The van der Waals surface area contributed by atoms with E-state index >= 15 is 0 Å². The van der Waals surface area contributed by atoms with Crippen molar-refractivity contribution in [2.75, 3.05) is 6.54 Å². The lowest BCUT2D eigenvalue weighted by Crippen LogP contribution is -2.40. The van der Waals surface area contributed by atoms with E-state index in [1.807, 2.05) is 19.2 Å². The number of tetrazole rings is 1. The number of aromatic nitrogens is 5. The van der Waals surface area contributed by atoms with Crippen molar-refractivity contribution in [3.63, 3.8) is 0 Å². The van der Waals surface area contributed by atoms with Gasteiger partial charge in [-0.15, -0.1) is 10.2 Å². The average molecular weight is 310 g/mol. The molecule has 1 aliphatic heterocycles. The lowest BCUT2D eigenvalue weighted by molar-refractivity contribution is 0.272. The predicted octanol–water partition coefficient (Wildman–Crippen LogP) is 2.53. The summed E-state index contributed by atoms with van der Waals surface area (Å²) in [5.41, 5.74) is 2.22. The van der Waals surface area contributed by atoms with Gasteiger partial charge in [-0.25, -0.2) is 0 Å². The Kier molecular flexibility index (Phi) is 3.61. The monoisotopic (exact) mass is 310 g/mol. The molecule has 1 saturated heterocycles. The first-order valence-electron chi connectivity index (χ1n) is 8.31. The fraction of sp³-hybridized carbons (Fsp3) is 0.471. The molecule has 6 heteroatoms. The molecule has 1 aliphatic rings. The Labute approximate surface area is 135 Å². The van der Waals surface area contributed by atoms with Crippen molar-refractivity contribution >= 4 is 10.9 Å². The van der Waals surface area contributed by atoms with Crippen LogP contribution in [0.5, 0.6) is 0 Å². The summed E-state index contributed by atoms with van der Waals surface area (Å²) >= 11 is 0. The molecule has 0 radical (unpaired) electrons. The van der Waals surface area contributed by atoms with E-state index in [-0.39, 0.29) is 6.04 Å². The maximum absolute atomic E-state index is 4.66. The van der Waals surface area contributed by atoms with Crippen molar-refractivity contribution in [3.8, 4) is 11.4 Å². The summed E-state index contributed by atoms with van der Waals surface area (Å²) < 4.78 is 2.11. The molecule has 0 saturated carbocycles. The number of nitrogens with zero attached hydrogens (tertiary/aromatic N) is 5. The number of hydrogen-bond acceptors (Lipinski definition) is 4. The van der Waals surface area contributed by atoms with Crippen molar-refractivity contribution in [2.45, 2.75) is 38.3 Å².